The van der Waals surface area contributed by atoms with Gasteiger partial charge in [0.05, 0.1) is 11.5 Å². The van der Waals surface area contributed by atoms with E-state index in [1.807, 2.05) is 0 Å². The molecule has 0 fully saturated rings. The monoisotopic (exact) mass is 308 g/mol. The maximum atomic E-state index is 11.8. The van der Waals surface area contributed by atoms with Crippen molar-refractivity contribution in [2.24, 2.45) is 0 Å². The van der Waals surface area contributed by atoms with Crippen molar-refractivity contribution in [1.82, 2.24) is 9.84 Å². The number of hydrazine groups is 1. The summed E-state index contributed by atoms with van der Waals surface area (Å²) in [6.45, 7) is -0.125. The molecule has 0 radical (unpaired) electrons. The van der Waals surface area contributed by atoms with Gasteiger partial charge in [0.25, 0.3) is 10.0 Å². The van der Waals surface area contributed by atoms with E-state index in [4.69, 9.17) is 5.11 Å². The zero-order valence-electron chi connectivity index (χ0n) is 8.94. The van der Waals surface area contributed by atoms with Crippen molar-refractivity contribution in [2.45, 2.75) is 11.5 Å². The summed E-state index contributed by atoms with van der Waals surface area (Å²) < 4.78 is 24.1. The van der Waals surface area contributed by atoms with E-state index in [-0.39, 0.29) is 11.5 Å². The van der Waals surface area contributed by atoms with Crippen LogP contribution in [0.1, 0.15) is 5.56 Å². The molecule has 0 saturated carbocycles. The third-order valence-electron chi connectivity index (χ3n) is 1.77. The lowest BCUT2D eigenvalue weighted by atomic mass is 10.2. The van der Waals surface area contributed by atoms with Crippen molar-refractivity contribution in [3.05, 3.63) is 28.2 Å². The number of sulfonamides is 1. The van der Waals surface area contributed by atoms with Gasteiger partial charge in [0, 0.05) is 18.6 Å². The minimum atomic E-state index is -3.57. The molecule has 5 nitrogen and oxygen atoms in total. The van der Waals surface area contributed by atoms with E-state index in [9.17, 15) is 8.42 Å². The molecular formula is C9H13BrN2O3S. The quantitative estimate of drug-likeness (QED) is 0.803. The zero-order valence-corrected chi connectivity index (χ0v) is 11.3. The highest BCUT2D eigenvalue weighted by molar-refractivity contribution is 9.10. The van der Waals surface area contributed by atoms with Crippen LogP contribution in [-0.2, 0) is 16.6 Å². The summed E-state index contributed by atoms with van der Waals surface area (Å²) in [5, 5.41) is 10.3. The van der Waals surface area contributed by atoms with E-state index in [0.29, 0.717) is 10.0 Å². The Kier molecular flexibility index (Phi) is 4.45. The molecule has 1 aromatic carbocycles. The highest BCUT2D eigenvalue weighted by atomic mass is 79.9. The summed E-state index contributed by atoms with van der Waals surface area (Å²) in [7, 11) is -0.386. The lowest BCUT2D eigenvalue weighted by Crippen LogP contribution is -2.36. The minimum absolute atomic E-state index is 0.125. The maximum absolute atomic E-state index is 11.8. The Bertz CT molecular complexity index is 474. The third kappa shape index (κ3) is 3.26. The second-order valence-electron chi connectivity index (χ2n) is 3.41. The molecule has 0 amide bonds. The van der Waals surface area contributed by atoms with Crippen LogP contribution >= 0.6 is 15.9 Å². The molecule has 0 bridgehead atoms. The molecule has 0 aliphatic rings. The molecule has 0 atom stereocenters. The highest BCUT2D eigenvalue weighted by Gasteiger charge is 2.18. The molecule has 0 aliphatic carbocycles. The number of nitrogens with one attached hydrogen (secondary N) is 1. The van der Waals surface area contributed by atoms with Gasteiger partial charge in [0.1, 0.15) is 0 Å². The summed E-state index contributed by atoms with van der Waals surface area (Å²) in [6, 6.07) is 4.58. The molecule has 0 saturated heterocycles. The van der Waals surface area contributed by atoms with Crippen LogP contribution in [0.15, 0.2) is 27.6 Å². The van der Waals surface area contributed by atoms with Gasteiger partial charge in [-0.25, -0.2) is 13.4 Å². The normalized spacial score (nSPS) is 12.1. The Hall–Kier alpha value is -0.470. The molecule has 7 heteroatoms. The Morgan fingerprint density at radius 3 is 2.50 bits per heavy atom. The van der Waals surface area contributed by atoms with Gasteiger partial charge in [-0.1, -0.05) is 6.07 Å². The first kappa shape index (κ1) is 13.6. The van der Waals surface area contributed by atoms with E-state index in [1.165, 1.54) is 11.1 Å². The molecule has 0 aliphatic heterocycles. The van der Waals surface area contributed by atoms with Crippen molar-refractivity contribution in [2.75, 3.05) is 14.1 Å². The summed E-state index contributed by atoms with van der Waals surface area (Å²) in [6.07, 6.45) is 0. The molecule has 0 aromatic heterocycles. The lowest BCUT2D eigenvalue weighted by molar-refractivity contribution is 0.281. The van der Waals surface area contributed by atoms with Gasteiger partial charge in [-0.3, -0.25) is 0 Å². The van der Waals surface area contributed by atoms with Crippen LogP contribution in [0.3, 0.4) is 0 Å². The molecule has 0 heterocycles. The summed E-state index contributed by atoms with van der Waals surface area (Å²) in [4.78, 5) is 2.46. The fraction of sp³-hybridized carbons (Fsp3) is 0.333. The number of aliphatic hydroxyl groups is 1. The molecule has 90 valence electrons. The van der Waals surface area contributed by atoms with Crippen LogP contribution in [0, 0.1) is 0 Å². The first-order valence-corrected chi connectivity index (χ1v) is 6.73. The van der Waals surface area contributed by atoms with E-state index in [2.05, 4.69) is 20.8 Å². The number of nitrogens with zero attached hydrogens (tertiary/aromatic N) is 1. The smallest absolute Gasteiger partial charge is 0.254 e. The minimum Gasteiger partial charge on any atom is -0.392 e. The second kappa shape index (κ2) is 5.24. The van der Waals surface area contributed by atoms with Crippen LogP contribution in [0.2, 0.25) is 0 Å². The molecule has 0 spiro atoms. The van der Waals surface area contributed by atoms with Gasteiger partial charge in [0.15, 0.2) is 0 Å². The van der Waals surface area contributed by atoms with Gasteiger partial charge >= 0.3 is 0 Å². The van der Waals surface area contributed by atoms with Crippen molar-refractivity contribution in [3.8, 4) is 0 Å². The number of hydrogen-bond acceptors (Lipinski definition) is 4. The fourth-order valence-electron chi connectivity index (χ4n) is 1.15. The maximum Gasteiger partial charge on any atom is 0.254 e. The average molecular weight is 309 g/mol. The van der Waals surface area contributed by atoms with Crippen molar-refractivity contribution >= 4 is 26.0 Å². The number of rotatable bonds is 4. The van der Waals surface area contributed by atoms with Gasteiger partial charge in [-0.05, 0) is 33.6 Å². The summed E-state index contributed by atoms with van der Waals surface area (Å²) >= 11 is 3.16. The Morgan fingerprint density at radius 1 is 1.44 bits per heavy atom. The molecule has 1 rings (SSSR count). The van der Waals surface area contributed by atoms with E-state index < -0.39 is 10.0 Å². The first-order chi connectivity index (χ1) is 7.36. The van der Waals surface area contributed by atoms with Crippen LogP contribution < -0.4 is 4.83 Å². The van der Waals surface area contributed by atoms with Crippen LogP contribution in [-0.4, -0.2) is 32.6 Å². The van der Waals surface area contributed by atoms with E-state index >= 15 is 0 Å². The molecule has 16 heavy (non-hydrogen) atoms. The Labute approximate surface area is 103 Å². The third-order valence-corrected chi connectivity index (χ3v) is 4.23. The van der Waals surface area contributed by atoms with Gasteiger partial charge in [-0.15, -0.1) is 4.83 Å². The molecule has 0 unspecified atom stereocenters. The molecular weight excluding hydrogens is 296 g/mol. The summed E-state index contributed by atoms with van der Waals surface area (Å²) in [5.41, 5.74) is 0.649. The van der Waals surface area contributed by atoms with Crippen molar-refractivity contribution in [3.63, 3.8) is 0 Å². The molecule has 2 N–H and O–H groups in total. The summed E-state index contributed by atoms with van der Waals surface area (Å²) in [5.74, 6) is 0. The zero-order chi connectivity index (χ0) is 12.3. The second-order valence-corrected chi connectivity index (χ2v) is 5.90. The van der Waals surface area contributed by atoms with Crippen LogP contribution in [0.25, 0.3) is 0 Å². The Morgan fingerprint density at radius 2 is 2.06 bits per heavy atom. The predicted molar refractivity (Wildman–Crippen MR) is 64.1 cm³/mol. The van der Waals surface area contributed by atoms with E-state index in [0.717, 1.165) is 0 Å². The topological polar surface area (TPSA) is 69.6 Å². The number of aliphatic hydroxyl groups excluding tert-OH is 1. The Balaban J connectivity index is 3.14. The molecule has 1 aromatic rings. The van der Waals surface area contributed by atoms with Crippen LogP contribution in [0.5, 0.6) is 0 Å². The van der Waals surface area contributed by atoms with Crippen molar-refractivity contribution < 1.29 is 13.5 Å². The number of halogens is 1. The predicted octanol–water partition coefficient (Wildman–Crippen LogP) is 0.696. The van der Waals surface area contributed by atoms with Crippen molar-refractivity contribution in [1.29, 1.82) is 0 Å². The number of benzene rings is 1. The van der Waals surface area contributed by atoms with Gasteiger partial charge in [-0.2, -0.15) is 0 Å². The first-order valence-electron chi connectivity index (χ1n) is 4.46. The number of hydrogen-bond donors (Lipinski definition) is 2. The largest absolute Gasteiger partial charge is 0.392 e. The van der Waals surface area contributed by atoms with Crippen LogP contribution in [0.4, 0.5) is 0 Å². The standard InChI is InChI=1S/C9H13BrN2O3S/c1-12(2)11-16(14,15)9-4-3-7(6-13)5-8(9)10/h3-5,11,13H,6H2,1-2H3. The van der Waals surface area contributed by atoms with Gasteiger partial charge < -0.3 is 5.11 Å². The van der Waals surface area contributed by atoms with E-state index in [1.54, 1.807) is 26.2 Å². The van der Waals surface area contributed by atoms with Gasteiger partial charge in [0.2, 0.25) is 0 Å². The average Bonchev–Trinajstić information content (AvgIpc) is 2.14. The fourth-order valence-corrected chi connectivity index (χ4v) is 3.36. The lowest BCUT2D eigenvalue weighted by Gasteiger charge is -2.13. The highest BCUT2D eigenvalue weighted by Crippen LogP contribution is 2.23. The SMILES string of the molecule is CN(C)NS(=O)(=O)c1ccc(CO)cc1Br.